The van der Waals surface area contributed by atoms with Crippen LogP contribution in [-0.4, -0.2) is 44.9 Å². The number of alkyl halides is 3. The summed E-state index contributed by atoms with van der Waals surface area (Å²) in [7, 11) is 0. The van der Waals surface area contributed by atoms with Gasteiger partial charge in [0.2, 0.25) is 5.91 Å². The summed E-state index contributed by atoms with van der Waals surface area (Å²) >= 11 is 0. The van der Waals surface area contributed by atoms with Gasteiger partial charge in [0.15, 0.2) is 0 Å². The smallest absolute Gasteiger partial charge is 0.372 e. The Morgan fingerprint density at radius 3 is 2.79 bits per heavy atom. The molecule has 1 aliphatic heterocycles. The quantitative estimate of drug-likeness (QED) is 0.725. The van der Waals surface area contributed by atoms with E-state index in [9.17, 15) is 18.0 Å². The first-order chi connectivity index (χ1) is 8.81. The normalized spacial score (nSPS) is 24.2. The van der Waals surface area contributed by atoms with Crippen molar-refractivity contribution in [2.75, 3.05) is 32.8 Å². The number of carbonyl (C=O) groups excluding carboxylic acids is 1. The van der Waals surface area contributed by atoms with Crippen LogP contribution in [0, 0.1) is 5.41 Å². The molecule has 1 fully saturated rings. The molecule has 4 nitrogen and oxygen atoms in total. The van der Waals surface area contributed by atoms with Gasteiger partial charge >= 0.3 is 6.18 Å². The lowest BCUT2D eigenvalue weighted by atomic mass is 9.83. The minimum absolute atomic E-state index is 0.0285. The molecule has 2 N–H and O–H groups in total. The van der Waals surface area contributed by atoms with E-state index in [0.29, 0.717) is 6.54 Å². The first-order valence-corrected chi connectivity index (χ1v) is 6.43. The number of nitrogens with one attached hydrogen (secondary N) is 2. The summed E-state index contributed by atoms with van der Waals surface area (Å²) in [4.78, 5) is 11.5. The topological polar surface area (TPSA) is 50.4 Å². The first-order valence-electron chi connectivity index (χ1n) is 6.43. The van der Waals surface area contributed by atoms with Gasteiger partial charge < -0.3 is 15.4 Å². The van der Waals surface area contributed by atoms with E-state index in [1.807, 2.05) is 0 Å². The molecule has 1 saturated heterocycles. The van der Waals surface area contributed by atoms with E-state index in [1.165, 1.54) is 0 Å². The van der Waals surface area contributed by atoms with Crippen molar-refractivity contribution in [2.24, 2.45) is 5.41 Å². The zero-order valence-electron chi connectivity index (χ0n) is 11.1. The number of rotatable bonds is 6. The monoisotopic (exact) mass is 282 g/mol. The molecule has 0 radical (unpaired) electrons. The Labute approximate surface area is 111 Å². The number of ether oxygens (including phenoxy) is 1. The van der Waals surface area contributed by atoms with Gasteiger partial charge in [0.1, 0.15) is 6.61 Å². The molecule has 0 aromatic heterocycles. The van der Waals surface area contributed by atoms with E-state index in [0.717, 1.165) is 25.9 Å². The minimum Gasteiger partial charge on any atom is -0.372 e. The van der Waals surface area contributed by atoms with Crippen LogP contribution in [0.1, 0.15) is 26.2 Å². The van der Waals surface area contributed by atoms with Gasteiger partial charge in [0.25, 0.3) is 0 Å². The van der Waals surface area contributed by atoms with Crippen LogP contribution >= 0.6 is 0 Å². The van der Waals surface area contributed by atoms with Gasteiger partial charge in [-0.2, -0.15) is 13.2 Å². The number of hydrogen-bond donors (Lipinski definition) is 2. The van der Waals surface area contributed by atoms with Crippen molar-refractivity contribution < 1.29 is 22.7 Å². The van der Waals surface area contributed by atoms with E-state index >= 15 is 0 Å². The van der Waals surface area contributed by atoms with Crippen molar-refractivity contribution >= 4 is 5.91 Å². The number of hydrogen-bond acceptors (Lipinski definition) is 3. The molecule has 0 bridgehead atoms. The molecule has 0 spiro atoms. The van der Waals surface area contributed by atoms with Crippen molar-refractivity contribution in [3.05, 3.63) is 0 Å². The highest BCUT2D eigenvalue weighted by Crippen LogP contribution is 2.24. The van der Waals surface area contributed by atoms with Gasteiger partial charge in [0.05, 0.1) is 6.61 Å². The molecule has 1 atom stereocenters. The number of halogens is 3. The van der Waals surface area contributed by atoms with E-state index in [1.54, 1.807) is 0 Å². The molecule has 1 heterocycles. The maximum absolute atomic E-state index is 11.8. The van der Waals surface area contributed by atoms with Crippen LogP contribution in [0.4, 0.5) is 13.2 Å². The van der Waals surface area contributed by atoms with Crippen molar-refractivity contribution in [3.63, 3.8) is 0 Å². The molecule has 1 unspecified atom stereocenters. The third-order valence-electron chi connectivity index (χ3n) is 3.14. The zero-order valence-corrected chi connectivity index (χ0v) is 11.1. The maximum atomic E-state index is 11.8. The molecule has 19 heavy (non-hydrogen) atoms. The van der Waals surface area contributed by atoms with Crippen LogP contribution in [0.5, 0.6) is 0 Å². The van der Waals surface area contributed by atoms with Gasteiger partial charge in [-0.3, -0.25) is 4.79 Å². The lowest BCUT2D eigenvalue weighted by Gasteiger charge is -2.34. The summed E-state index contributed by atoms with van der Waals surface area (Å²) < 4.78 is 39.8. The summed E-state index contributed by atoms with van der Waals surface area (Å²) in [6.07, 6.45) is -2.27. The predicted molar refractivity (Wildman–Crippen MR) is 64.7 cm³/mol. The zero-order chi connectivity index (χ0) is 14.4. The highest BCUT2D eigenvalue weighted by molar-refractivity contribution is 5.75. The molecule has 0 saturated carbocycles. The summed E-state index contributed by atoms with van der Waals surface area (Å²) in [5, 5.41) is 6.02. The highest BCUT2D eigenvalue weighted by atomic mass is 19.4. The Kier molecular flexibility index (Phi) is 6.06. The Morgan fingerprint density at radius 2 is 2.21 bits per heavy atom. The van der Waals surface area contributed by atoms with Crippen LogP contribution in [0.2, 0.25) is 0 Å². The lowest BCUT2D eigenvalue weighted by Crippen LogP contribution is -2.45. The molecule has 1 aliphatic rings. The third-order valence-corrected chi connectivity index (χ3v) is 3.14. The Bertz CT molecular complexity index is 289. The summed E-state index contributed by atoms with van der Waals surface area (Å²) in [6, 6.07) is 0. The fraction of sp³-hybridized carbons (Fsp3) is 0.917. The van der Waals surface area contributed by atoms with Crippen LogP contribution < -0.4 is 10.6 Å². The van der Waals surface area contributed by atoms with Gasteiger partial charge in [-0.1, -0.05) is 6.92 Å². The average Bonchev–Trinajstić information content (AvgIpc) is 2.32. The van der Waals surface area contributed by atoms with E-state index in [4.69, 9.17) is 0 Å². The van der Waals surface area contributed by atoms with Gasteiger partial charge in [-0.25, -0.2) is 0 Å². The molecule has 0 aromatic rings. The second-order valence-corrected chi connectivity index (χ2v) is 5.29. The van der Waals surface area contributed by atoms with Crippen molar-refractivity contribution in [1.29, 1.82) is 0 Å². The number of carbonyl (C=O) groups is 1. The molecule has 0 aromatic carbocycles. The Hall–Kier alpha value is -0.820. The first kappa shape index (κ1) is 16.2. The largest absolute Gasteiger partial charge is 0.411 e. The molecular weight excluding hydrogens is 261 g/mol. The molecule has 1 rings (SSSR count). The van der Waals surface area contributed by atoms with Gasteiger partial charge in [-0.15, -0.1) is 0 Å². The number of piperidine rings is 1. The second-order valence-electron chi connectivity index (χ2n) is 5.29. The Balaban J connectivity index is 2.10. The van der Waals surface area contributed by atoms with E-state index < -0.39 is 12.8 Å². The predicted octanol–water partition coefficient (Wildman–Crippen LogP) is 1.46. The van der Waals surface area contributed by atoms with E-state index in [2.05, 4.69) is 22.3 Å². The van der Waals surface area contributed by atoms with Crippen LogP contribution in [-0.2, 0) is 9.53 Å². The fourth-order valence-corrected chi connectivity index (χ4v) is 2.02. The van der Waals surface area contributed by atoms with Crippen molar-refractivity contribution in [3.8, 4) is 0 Å². The summed E-state index contributed by atoms with van der Waals surface area (Å²) in [5.41, 5.74) is 0.0285. The fourth-order valence-electron chi connectivity index (χ4n) is 2.02. The molecule has 0 aliphatic carbocycles. The van der Waals surface area contributed by atoms with Crippen molar-refractivity contribution in [1.82, 2.24) is 10.6 Å². The van der Waals surface area contributed by atoms with Crippen molar-refractivity contribution in [2.45, 2.75) is 32.4 Å². The lowest BCUT2D eigenvalue weighted by molar-refractivity contribution is -0.174. The molecule has 1 amide bonds. The van der Waals surface area contributed by atoms with Crippen LogP contribution in [0.25, 0.3) is 0 Å². The highest BCUT2D eigenvalue weighted by Gasteiger charge is 2.28. The molecular formula is C12H21F3N2O2. The summed E-state index contributed by atoms with van der Waals surface area (Å²) in [6.45, 7) is 2.95. The SMILES string of the molecule is CC1(CNC(=O)CCOCC(F)(F)F)CCCNC1. The van der Waals surface area contributed by atoms with Gasteiger partial charge in [-0.05, 0) is 24.8 Å². The van der Waals surface area contributed by atoms with E-state index in [-0.39, 0.29) is 24.3 Å². The molecule has 7 heteroatoms. The van der Waals surface area contributed by atoms with Crippen LogP contribution in [0.3, 0.4) is 0 Å². The second kappa shape index (κ2) is 7.09. The standard InChI is InChI=1S/C12H21F3N2O2/c1-11(4-2-5-16-7-11)8-17-10(18)3-6-19-9-12(13,14)15/h16H,2-9H2,1H3,(H,17,18). The average molecular weight is 282 g/mol. The third kappa shape index (κ3) is 7.37. The maximum Gasteiger partial charge on any atom is 0.411 e. The van der Waals surface area contributed by atoms with Gasteiger partial charge in [0, 0.05) is 19.5 Å². The number of amides is 1. The molecule has 112 valence electrons. The Morgan fingerprint density at radius 1 is 1.47 bits per heavy atom. The van der Waals surface area contributed by atoms with Crippen LogP contribution in [0.15, 0.2) is 0 Å². The summed E-state index contributed by atoms with van der Waals surface area (Å²) in [5.74, 6) is -0.269. The minimum atomic E-state index is -4.34.